The number of halogens is 3. The number of likely N-dealkylation sites (tertiary alicyclic amines) is 1. The minimum absolute atomic E-state index is 0.232. The molecule has 0 N–H and O–H groups in total. The topological polar surface area (TPSA) is 20.3 Å². The van der Waals surface area contributed by atoms with Gasteiger partial charge in [-0.05, 0) is 19.3 Å². The van der Waals surface area contributed by atoms with Gasteiger partial charge in [-0.2, -0.15) is 0 Å². The average molecular weight is 284 g/mol. The second-order valence-electron chi connectivity index (χ2n) is 4.48. The van der Waals surface area contributed by atoms with Crippen molar-refractivity contribution in [3.8, 4) is 0 Å². The third-order valence-corrected chi connectivity index (χ3v) is 3.09. The molecule has 88 valence electrons. The zero-order valence-electron chi connectivity index (χ0n) is 8.97. The molecule has 1 aliphatic rings. The fourth-order valence-electron chi connectivity index (χ4n) is 1.86. The monoisotopic (exact) mass is 283 g/mol. The Balaban J connectivity index is 2.52. The van der Waals surface area contributed by atoms with E-state index in [2.05, 4.69) is 15.9 Å². The van der Waals surface area contributed by atoms with Crippen molar-refractivity contribution in [3.63, 3.8) is 0 Å². The molecule has 1 heterocycles. The molecule has 1 aliphatic heterocycles. The van der Waals surface area contributed by atoms with Crippen LogP contribution in [0, 0.1) is 5.92 Å². The van der Waals surface area contributed by atoms with Gasteiger partial charge in [-0.25, -0.2) is 8.78 Å². The Morgan fingerprint density at radius 3 is 2.60 bits per heavy atom. The van der Waals surface area contributed by atoms with Gasteiger partial charge in [0.2, 0.25) is 5.91 Å². The van der Waals surface area contributed by atoms with E-state index in [9.17, 15) is 13.6 Å². The SMILES string of the molecule is CC1CC(Br)CN(C(=O)CC(C)(F)F)C1. The quantitative estimate of drug-likeness (QED) is 0.714. The van der Waals surface area contributed by atoms with Gasteiger partial charge in [0, 0.05) is 17.9 Å². The first-order valence-corrected chi connectivity index (χ1v) is 5.99. The normalized spacial score (nSPS) is 27.9. The van der Waals surface area contributed by atoms with E-state index in [4.69, 9.17) is 0 Å². The molecule has 2 nitrogen and oxygen atoms in total. The molecule has 0 aromatic rings. The standard InChI is InChI=1S/C10H16BrF2NO/c1-7-3-8(11)6-14(5-7)9(15)4-10(2,12)13/h7-8H,3-6H2,1-2H3. The van der Waals surface area contributed by atoms with Gasteiger partial charge in [0.25, 0.3) is 5.92 Å². The Morgan fingerprint density at radius 2 is 2.13 bits per heavy atom. The number of carbonyl (C=O) groups excluding carboxylic acids is 1. The van der Waals surface area contributed by atoms with Crippen LogP contribution >= 0.6 is 15.9 Å². The number of hydrogen-bond acceptors (Lipinski definition) is 1. The summed E-state index contributed by atoms with van der Waals surface area (Å²) in [6, 6.07) is 0. The molecule has 15 heavy (non-hydrogen) atoms. The Hall–Kier alpha value is -0.190. The molecule has 1 amide bonds. The van der Waals surface area contributed by atoms with Crippen LogP contribution in [0.5, 0.6) is 0 Å². The molecule has 0 aromatic heterocycles. The molecule has 0 spiro atoms. The summed E-state index contributed by atoms with van der Waals surface area (Å²) in [4.78, 5) is 13.3. The first kappa shape index (κ1) is 12.9. The van der Waals surface area contributed by atoms with Gasteiger partial charge >= 0.3 is 0 Å². The van der Waals surface area contributed by atoms with E-state index in [0.29, 0.717) is 19.0 Å². The van der Waals surface area contributed by atoms with E-state index in [1.165, 1.54) is 4.90 Å². The van der Waals surface area contributed by atoms with Crippen molar-refractivity contribution in [2.24, 2.45) is 5.92 Å². The third kappa shape index (κ3) is 4.45. The molecule has 1 fully saturated rings. The predicted molar refractivity (Wildman–Crippen MR) is 58.3 cm³/mol. The zero-order valence-corrected chi connectivity index (χ0v) is 10.6. The van der Waals surface area contributed by atoms with Gasteiger partial charge in [-0.1, -0.05) is 22.9 Å². The Morgan fingerprint density at radius 1 is 1.53 bits per heavy atom. The maximum absolute atomic E-state index is 12.7. The van der Waals surface area contributed by atoms with E-state index < -0.39 is 18.3 Å². The molecule has 0 aromatic carbocycles. The van der Waals surface area contributed by atoms with Gasteiger partial charge in [0.15, 0.2) is 0 Å². The Kier molecular flexibility index (Phi) is 4.09. The smallest absolute Gasteiger partial charge is 0.254 e. The lowest BCUT2D eigenvalue weighted by Crippen LogP contribution is -2.45. The van der Waals surface area contributed by atoms with Crippen LogP contribution in [0.15, 0.2) is 0 Å². The summed E-state index contributed by atoms with van der Waals surface area (Å²) in [5.41, 5.74) is 0. The van der Waals surface area contributed by atoms with E-state index >= 15 is 0 Å². The molecular weight excluding hydrogens is 268 g/mol. The maximum Gasteiger partial charge on any atom is 0.254 e. The van der Waals surface area contributed by atoms with Gasteiger partial charge in [0.1, 0.15) is 0 Å². The van der Waals surface area contributed by atoms with E-state index in [1.807, 2.05) is 6.92 Å². The molecule has 0 bridgehead atoms. The van der Waals surface area contributed by atoms with Crippen molar-refractivity contribution in [1.29, 1.82) is 0 Å². The minimum Gasteiger partial charge on any atom is -0.341 e. The van der Waals surface area contributed by atoms with Crippen molar-refractivity contribution in [2.75, 3.05) is 13.1 Å². The lowest BCUT2D eigenvalue weighted by Gasteiger charge is -2.34. The van der Waals surface area contributed by atoms with Crippen LogP contribution in [0.3, 0.4) is 0 Å². The fraction of sp³-hybridized carbons (Fsp3) is 0.900. The lowest BCUT2D eigenvalue weighted by atomic mass is 9.99. The van der Waals surface area contributed by atoms with Crippen LogP contribution in [0.2, 0.25) is 0 Å². The molecule has 0 radical (unpaired) electrons. The van der Waals surface area contributed by atoms with Crippen molar-refractivity contribution in [2.45, 2.75) is 37.4 Å². The second kappa shape index (κ2) is 4.76. The largest absolute Gasteiger partial charge is 0.341 e. The van der Waals surface area contributed by atoms with E-state index in [-0.39, 0.29) is 4.83 Å². The third-order valence-electron chi connectivity index (χ3n) is 2.42. The van der Waals surface area contributed by atoms with Gasteiger partial charge in [0.05, 0.1) is 6.42 Å². The van der Waals surface area contributed by atoms with Gasteiger partial charge < -0.3 is 4.90 Å². The first-order chi connectivity index (χ1) is 6.78. The molecule has 1 saturated heterocycles. The van der Waals surface area contributed by atoms with Crippen LogP contribution in [-0.2, 0) is 4.79 Å². The highest BCUT2D eigenvalue weighted by Gasteiger charge is 2.32. The summed E-state index contributed by atoms with van der Waals surface area (Å²) in [7, 11) is 0. The second-order valence-corrected chi connectivity index (χ2v) is 5.78. The zero-order chi connectivity index (χ0) is 11.6. The van der Waals surface area contributed by atoms with Crippen molar-refractivity contribution < 1.29 is 13.6 Å². The van der Waals surface area contributed by atoms with Crippen molar-refractivity contribution in [1.82, 2.24) is 4.90 Å². The number of nitrogens with zero attached hydrogens (tertiary/aromatic N) is 1. The summed E-state index contributed by atoms with van der Waals surface area (Å²) in [6.45, 7) is 3.94. The highest BCUT2D eigenvalue weighted by atomic mass is 79.9. The van der Waals surface area contributed by atoms with Gasteiger partial charge in [-0.15, -0.1) is 0 Å². The molecule has 2 atom stereocenters. The number of piperidine rings is 1. The van der Waals surface area contributed by atoms with Crippen LogP contribution < -0.4 is 0 Å². The highest BCUT2D eigenvalue weighted by molar-refractivity contribution is 9.09. The first-order valence-electron chi connectivity index (χ1n) is 5.07. The highest BCUT2D eigenvalue weighted by Crippen LogP contribution is 2.24. The molecule has 5 heteroatoms. The summed E-state index contributed by atoms with van der Waals surface area (Å²) in [5.74, 6) is -2.98. The maximum atomic E-state index is 12.7. The number of rotatable bonds is 2. The summed E-state index contributed by atoms with van der Waals surface area (Å²) in [5, 5.41) is 0. The lowest BCUT2D eigenvalue weighted by molar-refractivity contribution is -0.139. The Labute approximate surface area is 97.1 Å². The summed E-state index contributed by atoms with van der Waals surface area (Å²) in [6.07, 6.45) is 0.311. The number of amides is 1. The van der Waals surface area contributed by atoms with Crippen molar-refractivity contribution >= 4 is 21.8 Å². The number of alkyl halides is 3. The summed E-state index contributed by atoms with van der Waals surface area (Å²) >= 11 is 3.44. The Bertz CT molecular complexity index is 232. The van der Waals surface area contributed by atoms with Gasteiger partial charge in [-0.3, -0.25) is 4.79 Å². The minimum atomic E-state index is -2.90. The van der Waals surface area contributed by atoms with E-state index in [0.717, 1.165) is 13.3 Å². The number of hydrogen-bond donors (Lipinski definition) is 0. The van der Waals surface area contributed by atoms with E-state index in [1.54, 1.807) is 0 Å². The molecule has 1 rings (SSSR count). The van der Waals surface area contributed by atoms with Crippen LogP contribution in [0.1, 0.15) is 26.7 Å². The fourth-order valence-corrected chi connectivity index (χ4v) is 2.84. The molecular formula is C10H16BrF2NO. The van der Waals surface area contributed by atoms with Crippen LogP contribution in [0.25, 0.3) is 0 Å². The summed E-state index contributed by atoms with van der Waals surface area (Å²) < 4.78 is 25.3. The van der Waals surface area contributed by atoms with Crippen LogP contribution in [-0.4, -0.2) is 34.6 Å². The predicted octanol–water partition coefficient (Wildman–Crippen LogP) is 2.66. The number of carbonyl (C=O) groups is 1. The average Bonchev–Trinajstić information content (AvgIpc) is 1.98. The van der Waals surface area contributed by atoms with Crippen molar-refractivity contribution in [3.05, 3.63) is 0 Å². The molecule has 2 unspecified atom stereocenters. The molecule has 0 saturated carbocycles. The van der Waals surface area contributed by atoms with Crippen LogP contribution in [0.4, 0.5) is 8.78 Å². The molecule has 0 aliphatic carbocycles.